The van der Waals surface area contributed by atoms with Crippen molar-refractivity contribution in [2.75, 3.05) is 0 Å². The van der Waals surface area contributed by atoms with Crippen LogP contribution in [0.2, 0.25) is 0 Å². The lowest BCUT2D eigenvalue weighted by Crippen LogP contribution is -2.07. The zero-order valence-corrected chi connectivity index (χ0v) is 26.2. The number of para-hydroxylation sites is 1. The lowest BCUT2D eigenvalue weighted by atomic mass is 9.86. The van der Waals surface area contributed by atoms with Crippen molar-refractivity contribution in [3.8, 4) is 33.9 Å². The summed E-state index contributed by atoms with van der Waals surface area (Å²) in [6, 6.07) is 45.0. The molecule has 8 aromatic rings. The molecule has 47 heavy (non-hydrogen) atoms. The standard InChI is InChI=1S/C43H27N3S/c1-2-13-26(14-3-1)27-15-12-16-28(25-27)39-33-21-8-10-23-35(33)44-43(46-39)40-32-20-7-6-19-31(32)37-29-17-4-5-18-30(29)38-34-22-9-11-24-36(34)47-42(38)41(37)45-40/h1-25,34,36H. The Morgan fingerprint density at radius 1 is 0.489 bits per heavy atom. The molecule has 0 saturated carbocycles. The van der Waals surface area contributed by atoms with Crippen molar-refractivity contribution < 1.29 is 0 Å². The topological polar surface area (TPSA) is 38.7 Å². The van der Waals surface area contributed by atoms with Gasteiger partial charge < -0.3 is 0 Å². The number of hydrogen-bond acceptors (Lipinski definition) is 4. The zero-order valence-electron chi connectivity index (χ0n) is 25.3. The van der Waals surface area contributed by atoms with Gasteiger partial charge in [0.05, 0.1) is 16.7 Å². The van der Waals surface area contributed by atoms with E-state index in [2.05, 4.69) is 146 Å². The summed E-state index contributed by atoms with van der Waals surface area (Å²) < 4.78 is 0. The molecule has 0 spiro atoms. The lowest BCUT2D eigenvalue weighted by Gasteiger charge is -2.18. The normalized spacial score (nSPS) is 16.7. The van der Waals surface area contributed by atoms with E-state index in [1.54, 1.807) is 0 Å². The van der Waals surface area contributed by atoms with E-state index in [1.165, 1.54) is 37.6 Å². The van der Waals surface area contributed by atoms with Gasteiger partial charge in [-0.3, -0.25) is 0 Å². The number of hydrogen-bond donors (Lipinski definition) is 0. The fraction of sp³-hybridized carbons (Fsp3) is 0.0465. The van der Waals surface area contributed by atoms with Crippen molar-refractivity contribution in [3.63, 3.8) is 0 Å². The molecule has 1 aliphatic carbocycles. The number of aromatic nitrogens is 3. The summed E-state index contributed by atoms with van der Waals surface area (Å²) in [5, 5.41) is 7.39. The molecule has 3 nitrogen and oxygen atoms in total. The largest absolute Gasteiger partial charge is 0.243 e. The Kier molecular flexibility index (Phi) is 5.94. The molecule has 2 atom stereocenters. The molecule has 0 bridgehead atoms. The predicted molar refractivity (Wildman–Crippen MR) is 197 cm³/mol. The molecule has 2 unspecified atom stereocenters. The first-order valence-electron chi connectivity index (χ1n) is 16.0. The molecule has 4 heteroatoms. The third-order valence-electron chi connectivity index (χ3n) is 9.59. The van der Waals surface area contributed by atoms with Crippen LogP contribution < -0.4 is 0 Å². The first-order chi connectivity index (χ1) is 23.3. The number of fused-ring (bicyclic) bond motifs is 11. The van der Waals surface area contributed by atoms with Gasteiger partial charge in [-0.05, 0) is 45.0 Å². The molecule has 0 fully saturated rings. The van der Waals surface area contributed by atoms with Crippen LogP contribution in [0.5, 0.6) is 0 Å². The van der Waals surface area contributed by atoms with E-state index in [0.29, 0.717) is 17.0 Å². The summed E-state index contributed by atoms with van der Waals surface area (Å²) in [5.74, 6) is 0.968. The second kappa shape index (κ2) is 10.5. The summed E-state index contributed by atoms with van der Waals surface area (Å²) in [4.78, 5) is 17.4. The highest BCUT2D eigenvalue weighted by Crippen LogP contribution is 2.54. The number of allylic oxidation sites excluding steroid dienone is 3. The smallest absolute Gasteiger partial charge is 0.179 e. The molecule has 0 amide bonds. The summed E-state index contributed by atoms with van der Waals surface area (Å²) in [6.07, 6.45) is 9.05. The van der Waals surface area contributed by atoms with E-state index >= 15 is 0 Å². The maximum atomic E-state index is 5.57. The Hall–Kier alpha value is -5.58. The van der Waals surface area contributed by atoms with Crippen molar-refractivity contribution in [2.45, 2.75) is 16.1 Å². The highest BCUT2D eigenvalue weighted by Gasteiger charge is 2.35. The summed E-state index contributed by atoms with van der Waals surface area (Å²) in [7, 11) is 0. The fourth-order valence-corrected chi connectivity index (χ4v) is 8.93. The third kappa shape index (κ3) is 4.11. The van der Waals surface area contributed by atoms with Crippen LogP contribution in [0.4, 0.5) is 0 Å². The van der Waals surface area contributed by atoms with Crippen molar-refractivity contribution in [1.82, 2.24) is 15.0 Å². The van der Waals surface area contributed by atoms with Gasteiger partial charge in [-0.1, -0.05) is 140 Å². The highest BCUT2D eigenvalue weighted by atomic mass is 32.2. The van der Waals surface area contributed by atoms with E-state index in [0.717, 1.165) is 44.3 Å². The second-order valence-electron chi connectivity index (χ2n) is 12.3. The van der Waals surface area contributed by atoms with Crippen LogP contribution in [0.1, 0.15) is 11.5 Å². The van der Waals surface area contributed by atoms with E-state index in [1.807, 2.05) is 17.8 Å². The van der Waals surface area contributed by atoms with Gasteiger partial charge in [0.25, 0.3) is 0 Å². The number of rotatable bonds is 3. The maximum absolute atomic E-state index is 5.57. The van der Waals surface area contributed by atoms with Crippen molar-refractivity contribution in [3.05, 3.63) is 157 Å². The van der Waals surface area contributed by atoms with Gasteiger partial charge in [0.2, 0.25) is 0 Å². The van der Waals surface area contributed by atoms with Crippen LogP contribution in [-0.2, 0) is 0 Å². The molecule has 1 aliphatic heterocycles. The molecule has 6 aromatic carbocycles. The van der Waals surface area contributed by atoms with Gasteiger partial charge in [-0.2, -0.15) is 0 Å². The van der Waals surface area contributed by atoms with E-state index in [4.69, 9.17) is 15.0 Å². The average Bonchev–Trinajstić information content (AvgIpc) is 3.55. The van der Waals surface area contributed by atoms with Crippen molar-refractivity contribution >= 4 is 55.1 Å². The summed E-state index contributed by atoms with van der Waals surface area (Å²) in [5.41, 5.74) is 8.45. The lowest BCUT2D eigenvalue weighted by molar-refractivity contribution is 0.892. The van der Waals surface area contributed by atoms with Crippen LogP contribution in [0.15, 0.2) is 157 Å². The number of thioether (sulfide) groups is 1. The van der Waals surface area contributed by atoms with Crippen molar-refractivity contribution in [2.24, 2.45) is 0 Å². The second-order valence-corrected chi connectivity index (χ2v) is 13.4. The van der Waals surface area contributed by atoms with Gasteiger partial charge in [-0.15, -0.1) is 11.8 Å². The number of benzene rings is 6. The van der Waals surface area contributed by atoms with Crippen LogP contribution in [0, 0.1) is 0 Å². The Bertz CT molecular complexity index is 2620. The molecule has 220 valence electrons. The Balaban J connectivity index is 1.28. The molecule has 0 radical (unpaired) electrons. The maximum Gasteiger partial charge on any atom is 0.179 e. The highest BCUT2D eigenvalue weighted by molar-refractivity contribution is 8.00. The first kappa shape index (κ1) is 26.6. The number of nitrogens with zero attached hydrogens (tertiary/aromatic N) is 3. The Morgan fingerprint density at radius 2 is 1.15 bits per heavy atom. The molecule has 0 saturated heterocycles. The SMILES string of the molecule is C1=CC2Sc3c(c4ccccc4c4c3nc(-c3nc(-c5cccc(-c6ccccc6)c5)c5ccccc5n3)c3ccccc34)C2C=C1. The molecule has 2 aromatic heterocycles. The number of pyridine rings is 1. The molecule has 0 N–H and O–H groups in total. The average molecular weight is 618 g/mol. The van der Waals surface area contributed by atoms with Gasteiger partial charge in [0.15, 0.2) is 5.82 Å². The third-order valence-corrected chi connectivity index (χ3v) is 11.0. The summed E-state index contributed by atoms with van der Waals surface area (Å²) in [6.45, 7) is 0. The Labute approximate surface area is 276 Å². The monoisotopic (exact) mass is 617 g/mol. The zero-order chi connectivity index (χ0) is 30.9. The molecular weight excluding hydrogens is 591 g/mol. The van der Waals surface area contributed by atoms with E-state index < -0.39 is 0 Å². The minimum absolute atomic E-state index is 0.325. The van der Waals surface area contributed by atoms with E-state index in [9.17, 15) is 0 Å². The summed E-state index contributed by atoms with van der Waals surface area (Å²) >= 11 is 1.94. The van der Waals surface area contributed by atoms with Crippen LogP contribution in [-0.4, -0.2) is 20.2 Å². The Morgan fingerprint density at radius 3 is 2.00 bits per heavy atom. The van der Waals surface area contributed by atoms with E-state index in [-0.39, 0.29) is 0 Å². The van der Waals surface area contributed by atoms with Crippen LogP contribution in [0.25, 0.3) is 77.3 Å². The minimum Gasteiger partial charge on any atom is -0.243 e. The molecule has 10 rings (SSSR count). The van der Waals surface area contributed by atoms with Crippen LogP contribution in [0.3, 0.4) is 0 Å². The van der Waals surface area contributed by atoms with Crippen molar-refractivity contribution in [1.29, 1.82) is 0 Å². The van der Waals surface area contributed by atoms with Gasteiger partial charge in [0.1, 0.15) is 5.69 Å². The van der Waals surface area contributed by atoms with Gasteiger partial charge in [0, 0.05) is 37.8 Å². The quantitative estimate of drug-likeness (QED) is 0.185. The molecular formula is C43H27N3S. The van der Waals surface area contributed by atoms with Crippen LogP contribution >= 0.6 is 11.8 Å². The molecule has 3 heterocycles. The fourth-order valence-electron chi connectivity index (χ4n) is 7.48. The predicted octanol–water partition coefficient (Wildman–Crippen LogP) is 11.2. The molecule has 2 aliphatic rings. The first-order valence-corrected chi connectivity index (χ1v) is 16.9. The minimum atomic E-state index is 0.325. The van der Waals surface area contributed by atoms with Gasteiger partial charge in [-0.25, -0.2) is 15.0 Å². The van der Waals surface area contributed by atoms with Gasteiger partial charge >= 0.3 is 0 Å².